The van der Waals surface area contributed by atoms with Crippen molar-refractivity contribution in [2.75, 3.05) is 17.6 Å². The Labute approximate surface area is 177 Å². The number of rotatable bonds is 9. The number of fused-ring (bicyclic) bond motifs is 1. The van der Waals surface area contributed by atoms with Gasteiger partial charge < -0.3 is 10.6 Å². The van der Waals surface area contributed by atoms with Gasteiger partial charge in [-0.3, -0.25) is 14.9 Å². The highest BCUT2D eigenvalue weighted by atomic mass is 32.2. The Morgan fingerprint density at radius 1 is 1.30 bits per heavy atom. The number of nitro benzene ring substituents is 1. The monoisotopic (exact) mass is 429 g/mol. The standard InChI is InChI=1S/C19H23N7O3S/c1-4-30-19-23-16(22-12(2)3)14-11-21-25(17(14)24-19)10-9-20-18(27)13-7-5-6-8-15(13)26(28)29/h5-8,11-12H,4,9-10H2,1-3H3,(H,20,27)(H,22,23,24). The first-order valence-electron chi connectivity index (χ1n) is 9.55. The second-order valence-electron chi connectivity index (χ2n) is 6.72. The topological polar surface area (TPSA) is 128 Å². The lowest BCUT2D eigenvalue weighted by atomic mass is 10.1. The molecule has 11 heteroatoms. The summed E-state index contributed by atoms with van der Waals surface area (Å²) in [6.45, 7) is 6.70. The predicted octanol–water partition coefficient (Wildman–Crippen LogP) is 3.10. The van der Waals surface area contributed by atoms with Gasteiger partial charge in [0.05, 0.1) is 23.1 Å². The molecular weight excluding hydrogens is 406 g/mol. The molecule has 0 aliphatic rings. The number of thioether (sulfide) groups is 1. The molecule has 0 bridgehead atoms. The molecule has 2 heterocycles. The van der Waals surface area contributed by atoms with Crippen LogP contribution in [0.4, 0.5) is 11.5 Å². The zero-order valence-electron chi connectivity index (χ0n) is 17.0. The smallest absolute Gasteiger partial charge is 0.282 e. The van der Waals surface area contributed by atoms with Gasteiger partial charge in [-0.05, 0) is 25.7 Å². The molecule has 0 saturated carbocycles. The Morgan fingerprint density at radius 2 is 2.07 bits per heavy atom. The van der Waals surface area contributed by atoms with E-state index in [9.17, 15) is 14.9 Å². The van der Waals surface area contributed by atoms with Crippen molar-refractivity contribution in [2.45, 2.75) is 38.5 Å². The number of hydrogen-bond donors (Lipinski definition) is 2. The lowest BCUT2D eigenvalue weighted by Crippen LogP contribution is -2.28. The van der Waals surface area contributed by atoms with Gasteiger partial charge in [0.1, 0.15) is 11.4 Å². The van der Waals surface area contributed by atoms with E-state index in [4.69, 9.17) is 0 Å². The molecule has 0 fully saturated rings. The lowest BCUT2D eigenvalue weighted by Gasteiger charge is -2.11. The summed E-state index contributed by atoms with van der Waals surface area (Å²) in [7, 11) is 0. The molecule has 2 N–H and O–H groups in total. The van der Waals surface area contributed by atoms with Gasteiger partial charge in [0.15, 0.2) is 10.8 Å². The Balaban J connectivity index is 1.77. The third-order valence-electron chi connectivity index (χ3n) is 4.13. The number of hydrogen-bond acceptors (Lipinski definition) is 8. The fourth-order valence-electron chi connectivity index (χ4n) is 2.87. The molecule has 10 nitrogen and oxygen atoms in total. The molecule has 1 amide bonds. The Kier molecular flexibility index (Phi) is 6.83. The fourth-order valence-corrected chi connectivity index (χ4v) is 3.44. The summed E-state index contributed by atoms with van der Waals surface area (Å²) in [5.41, 5.74) is 0.474. The zero-order chi connectivity index (χ0) is 21.7. The second-order valence-corrected chi connectivity index (χ2v) is 7.95. The van der Waals surface area contributed by atoms with E-state index in [1.807, 2.05) is 20.8 Å². The first kappa shape index (κ1) is 21.5. The highest BCUT2D eigenvalue weighted by molar-refractivity contribution is 7.99. The first-order chi connectivity index (χ1) is 14.4. The highest BCUT2D eigenvalue weighted by Gasteiger charge is 2.19. The van der Waals surface area contributed by atoms with Gasteiger partial charge in [-0.15, -0.1) is 0 Å². The fraction of sp³-hybridized carbons (Fsp3) is 0.368. The molecule has 0 spiro atoms. The maximum Gasteiger partial charge on any atom is 0.282 e. The van der Waals surface area contributed by atoms with Crippen molar-refractivity contribution in [3.63, 3.8) is 0 Å². The van der Waals surface area contributed by atoms with Crippen LogP contribution in [0.5, 0.6) is 0 Å². The SMILES string of the molecule is CCSc1nc(NC(C)C)c2cnn(CCNC(=O)c3ccccc3[N+](=O)[O-])c2n1. The molecule has 158 valence electrons. The molecule has 0 unspecified atom stereocenters. The number of carbonyl (C=O) groups is 1. The van der Waals surface area contributed by atoms with Crippen molar-refractivity contribution in [3.05, 3.63) is 46.1 Å². The summed E-state index contributed by atoms with van der Waals surface area (Å²) in [5, 5.41) is 23.0. The summed E-state index contributed by atoms with van der Waals surface area (Å²) in [4.78, 5) is 32.1. The molecule has 2 aromatic heterocycles. The van der Waals surface area contributed by atoms with Crippen LogP contribution in [0.25, 0.3) is 11.0 Å². The van der Waals surface area contributed by atoms with Crippen LogP contribution in [0.2, 0.25) is 0 Å². The third-order valence-corrected chi connectivity index (χ3v) is 4.86. The summed E-state index contributed by atoms with van der Waals surface area (Å²) in [6, 6.07) is 6.06. The quantitative estimate of drug-likeness (QED) is 0.230. The average molecular weight is 430 g/mol. The minimum absolute atomic E-state index is 0.0280. The van der Waals surface area contributed by atoms with Gasteiger partial charge in [0, 0.05) is 18.7 Å². The Morgan fingerprint density at radius 3 is 2.77 bits per heavy atom. The lowest BCUT2D eigenvalue weighted by molar-refractivity contribution is -0.385. The Bertz CT molecular complexity index is 1070. The minimum atomic E-state index is -0.566. The summed E-state index contributed by atoms with van der Waals surface area (Å²) < 4.78 is 1.70. The molecule has 30 heavy (non-hydrogen) atoms. The highest BCUT2D eigenvalue weighted by Crippen LogP contribution is 2.25. The van der Waals surface area contributed by atoms with E-state index < -0.39 is 10.8 Å². The van der Waals surface area contributed by atoms with E-state index in [1.165, 1.54) is 30.0 Å². The number of nitrogens with zero attached hydrogens (tertiary/aromatic N) is 5. The number of nitrogens with one attached hydrogen (secondary N) is 2. The van der Waals surface area contributed by atoms with Gasteiger partial charge in [-0.25, -0.2) is 14.6 Å². The van der Waals surface area contributed by atoms with Crippen LogP contribution >= 0.6 is 11.8 Å². The molecule has 0 atom stereocenters. The number of carbonyl (C=O) groups excluding carboxylic acids is 1. The summed E-state index contributed by atoms with van der Waals surface area (Å²) in [6.07, 6.45) is 1.70. The van der Waals surface area contributed by atoms with Crippen LogP contribution in [0.1, 0.15) is 31.1 Å². The predicted molar refractivity (Wildman–Crippen MR) is 116 cm³/mol. The molecular formula is C19H23N7O3S. The van der Waals surface area contributed by atoms with Crippen LogP contribution < -0.4 is 10.6 Å². The van der Waals surface area contributed by atoms with Crippen LogP contribution in [0.15, 0.2) is 35.6 Å². The van der Waals surface area contributed by atoms with Crippen molar-refractivity contribution in [3.8, 4) is 0 Å². The number of para-hydroxylation sites is 1. The maximum atomic E-state index is 12.4. The van der Waals surface area contributed by atoms with E-state index >= 15 is 0 Å². The number of amides is 1. The normalized spacial score (nSPS) is 11.1. The molecule has 1 aromatic carbocycles. The number of nitro groups is 1. The average Bonchev–Trinajstić information content (AvgIpc) is 3.11. The number of benzene rings is 1. The van der Waals surface area contributed by atoms with Gasteiger partial charge in [-0.1, -0.05) is 30.8 Å². The van der Waals surface area contributed by atoms with Crippen LogP contribution in [-0.4, -0.2) is 48.9 Å². The molecule has 3 aromatic rings. The second kappa shape index (κ2) is 9.53. The largest absolute Gasteiger partial charge is 0.367 e. The van der Waals surface area contributed by atoms with Crippen LogP contribution in [0.3, 0.4) is 0 Å². The first-order valence-corrected chi connectivity index (χ1v) is 10.5. The van der Waals surface area contributed by atoms with E-state index in [1.54, 1.807) is 16.9 Å². The molecule has 0 aliphatic carbocycles. The summed E-state index contributed by atoms with van der Waals surface area (Å²) >= 11 is 1.54. The van der Waals surface area contributed by atoms with Crippen molar-refractivity contribution in [1.82, 2.24) is 25.1 Å². The third kappa shape index (κ3) is 4.85. The van der Waals surface area contributed by atoms with E-state index in [-0.39, 0.29) is 23.8 Å². The summed E-state index contributed by atoms with van der Waals surface area (Å²) in [5.74, 6) is 1.06. The van der Waals surface area contributed by atoms with Crippen molar-refractivity contribution < 1.29 is 9.72 Å². The maximum absolute atomic E-state index is 12.4. The van der Waals surface area contributed by atoms with Gasteiger partial charge >= 0.3 is 0 Å². The van der Waals surface area contributed by atoms with E-state index in [0.29, 0.717) is 17.3 Å². The van der Waals surface area contributed by atoms with Crippen molar-refractivity contribution in [2.24, 2.45) is 0 Å². The zero-order valence-corrected chi connectivity index (χ0v) is 17.8. The minimum Gasteiger partial charge on any atom is -0.367 e. The Hall–Kier alpha value is -3.21. The van der Waals surface area contributed by atoms with Crippen LogP contribution in [0, 0.1) is 10.1 Å². The van der Waals surface area contributed by atoms with Crippen molar-refractivity contribution in [1.29, 1.82) is 0 Å². The molecule has 0 aliphatic heterocycles. The molecule has 0 saturated heterocycles. The van der Waals surface area contributed by atoms with Crippen LogP contribution in [-0.2, 0) is 6.54 Å². The van der Waals surface area contributed by atoms with E-state index in [2.05, 4.69) is 25.7 Å². The molecule has 3 rings (SSSR count). The van der Waals surface area contributed by atoms with Crippen molar-refractivity contribution >= 4 is 40.2 Å². The molecule has 0 radical (unpaired) electrons. The van der Waals surface area contributed by atoms with Gasteiger partial charge in [-0.2, -0.15) is 5.10 Å². The number of anilines is 1. The van der Waals surface area contributed by atoms with Gasteiger partial charge in [0.25, 0.3) is 11.6 Å². The van der Waals surface area contributed by atoms with Gasteiger partial charge in [0.2, 0.25) is 0 Å². The number of aromatic nitrogens is 4. The van der Waals surface area contributed by atoms with E-state index in [0.717, 1.165) is 17.0 Å².